The number of nitrogens with zero attached hydrogens (tertiary/aromatic N) is 2. The number of likely N-dealkylation sites (tertiary alicyclic amines) is 2. The van der Waals surface area contributed by atoms with Crippen molar-refractivity contribution in [3.05, 3.63) is 0 Å². The summed E-state index contributed by atoms with van der Waals surface area (Å²) in [6, 6.07) is 0.631. The molecule has 21 heavy (non-hydrogen) atoms. The summed E-state index contributed by atoms with van der Waals surface area (Å²) in [6.45, 7) is 6.29. The Morgan fingerprint density at radius 3 is 2.14 bits per heavy atom. The fourth-order valence-corrected chi connectivity index (χ4v) is 3.29. The quantitative estimate of drug-likeness (QED) is 0.702. The summed E-state index contributed by atoms with van der Waals surface area (Å²) < 4.78 is 0. The van der Waals surface area contributed by atoms with Crippen LogP contribution < -0.4 is 10.6 Å². The van der Waals surface area contributed by atoms with E-state index in [4.69, 9.17) is 0 Å². The number of piperidine rings is 2. The molecule has 2 heterocycles. The predicted octanol–water partition coefficient (Wildman–Crippen LogP) is 0.518. The van der Waals surface area contributed by atoms with Gasteiger partial charge in [0.25, 0.3) is 0 Å². The first-order valence-corrected chi connectivity index (χ1v) is 8.50. The fraction of sp³-hybridized carbons (Fsp3) is 0.938. The van der Waals surface area contributed by atoms with Crippen LogP contribution in [0.5, 0.6) is 0 Å². The number of carbonyl (C=O) groups excluding carboxylic acids is 1. The first-order chi connectivity index (χ1) is 10.1. The van der Waals surface area contributed by atoms with E-state index in [0.717, 1.165) is 39.0 Å². The van der Waals surface area contributed by atoms with Crippen LogP contribution in [0.3, 0.4) is 0 Å². The molecule has 5 nitrogen and oxygen atoms in total. The molecule has 2 N–H and O–H groups in total. The maximum atomic E-state index is 11.9. The van der Waals surface area contributed by atoms with E-state index >= 15 is 0 Å². The Bertz CT molecular complexity index is 307. The highest BCUT2D eigenvalue weighted by Gasteiger charge is 2.19. The molecule has 2 aliphatic heterocycles. The van der Waals surface area contributed by atoms with E-state index < -0.39 is 0 Å². The molecule has 0 aromatic rings. The molecule has 122 valence electrons. The van der Waals surface area contributed by atoms with Gasteiger partial charge in [0.1, 0.15) is 0 Å². The maximum Gasteiger partial charge on any atom is 0.220 e. The summed E-state index contributed by atoms with van der Waals surface area (Å²) in [5.41, 5.74) is 0. The second-order valence-electron chi connectivity index (χ2n) is 6.83. The molecular weight excluding hydrogens is 264 g/mol. The van der Waals surface area contributed by atoms with Crippen molar-refractivity contribution < 1.29 is 4.79 Å². The van der Waals surface area contributed by atoms with E-state index in [1.165, 1.54) is 25.9 Å². The Labute approximate surface area is 129 Å². The molecule has 2 aliphatic rings. The molecule has 0 saturated carbocycles. The zero-order valence-electron chi connectivity index (χ0n) is 13.7. The number of rotatable bonds is 6. The van der Waals surface area contributed by atoms with E-state index in [-0.39, 0.29) is 5.91 Å². The van der Waals surface area contributed by atoms with Gasteiger partial charge in [-0.2, -0.15) is 0 Å². The third-order valence-electron chi connectivity index (χ3n) is 4.91. The van der Waals surface area contributed by atoms with Gasteiger partial charge in [-0.15, -0.1) is 0 Å². The van der Waals surface area contributed by atoms with Crippen LogP contribution in [-0.2, 0) is 4.79 Å². The lowest BCUT2D eigenvalue weighted by molar-refractivity contribution is -0.122. The molecule has 0 atom stereocenters. The normalized spacial score (nSPS) is 23.3. The van der Waals surface area contributed by atoms with Gasteiger partial charge < -0.3 is 20.4 Å². The van der Waals surface area contributed by atoms with Crippen LogP contribution in [0.2, 0.25) is 0 Å². The van der Waals surface area contributed by atoms with Crippen LogP contribution >= 0.6 is 0 Å². The standard InChI is InChI=1S/C16H32N4O/c1-19-9-3-14(4-10-19)13-16(21)18-8-7-17-15-5-11-20(2)12-6-15/h14-15,17H,3-13H2,1-2H3,(H,18,21). The number of hydrogen-bond acceptors (Lipinski definition) is 4. The predicted molar refractivity (Wildman–Crippen MR) is 86.4 cm³/mol. The number of nitrogens with one attached hydrogen (secondary N) is 2. The van der Waals surface area contributed by atoms with Gasteiger partial charge in [0.05, 0.1) is 0 Å². The topological polar surface area (TPSA) is 47.6 Å². The Morgan fingerprint density at radius 1 is 0.952 bits per heavy atom. The lowest BCUT2D eigenvalue weighted by Gasteiger charge is -2.30. The van der Waals surface area contributed by atoms with Gasteiger partial charge in [-0.05, 0) is 71.9 Å². The molecule has 0 aromatic carbocycles. The van der Waals surface area contributed by atoms with Crippen LogP contribution in [0.1, 0.15) is 32.1 Å². The molecule has 0 spiro atoms. The first kappa shape index (κ1) is 16.7. The summed E-state index contributed by atoms with van der Waals surface area (Å²) in [5.74, 6) is 0.817. The van der Waals surface area contributed by atoms with Crippen molar-refractivity contribution >= 4 is 5.91 Å². The van der Waals surface area contributed by atoms with E-state index in [2.05, 4.69) is 34.5 Å². The van der Waals surface area contributed by atoms with Crippen LogP contribution in [0, 0.1) is 5.92 Å². The van der Waals surface area contributed by atoms with E-state index in [1.54, 1.807) is 0 Å². The SMILES string of the molecule is CN1CCC(CC(=O)NCCNC2CCN(C)CC2)CC1. The zero-order valence-corrected chi connectivity index (χ0v) is 13.7. The van der Waals surface area contributed by atoms with E-state index in [1.807, 2.05) is 0 Å². The van der Waals surface area contributed by atoms with Crippen molar-refractivity contribution in [3.63, 3.8) is 0 Å². The first-order valence-electron chi connectivity index (χ1n) is 8.50. The number of hydrogen-bond donors (Lipinski definition) is 2. The minimum absolute atomic E-state index is 0.231. The van der Waals surface area contributed by atoms with Crippen molar-refractivity contribution in [1.29, 1.82) is 0 Å². The van der Waals surface area contributed by atoms with Crippen molar-refractivity contribution in [2.75, 3.05) is 53.4 Å². The Morgan fingerprint density at radius 2 is 1.52 bits per heavy atom. The third-order valence-corrected chi connectivity index (χ3v) is 4.91. The molecule has 2 rings (SSSR count). The highest BCUT2D eigenvalue weighted by Crippen LogP contribution is 2.19. The molecule has 0 radical (unpaired) electrons. The second kappa shape index (κ2) is 8.71. The average Bonchev–Trinajstić information content (AvgIpc) is 2.48. The summed E-state index contributed by atoms with van der Waals surface area (Å²) >= 11 is 0. The summed E-state index contributed by atoms with van der Waals surface area (Å²) in [7, 11) is 4.34. The maximum absolute atomic E-state index is 11.9. The second-order valence-corrected chi connectivity index (χ2v) is 6.83. The Balaban J connectivity index is 1.49. The Hall–Kier alpha value is -0.650. The van der Waals surface area contributed by atoms with E-state index in [0.29, 0.717) is 18.4 Å². The van der Waals surface area contributed by atoms with Gasteiger partial charge in [0.15, 0.2) is 0 Å². The summed E-state index contributed by atoms with van der Waals surface area (Å²) in [4.78, 5) is 16.7. The molecule has 0 aromatic heterocycles. The fourth-order valence-electron chi connectivity index (χ4n) is 3.29. The Kier molecular flexibility index (Phi) is 6.93. The molecule has 0 aliphatic carbocycles. The van der Waals surface area contributed by atoms with Crippen LogP contribution in [0.4, 0.5) is 0 Å². The van der Waals surface area contributed by atoms with Gasteiger partial charge in [0, 0.05) is 25.6 Å². The third kappa shape index (κ3) is 6.32. The largest absolute Gasteiger partial charge is 0.355 e. The number of amides is 1. The minimum atomic E-state index is 0.231. The smallest absolute Gasteiger partial charge is 0.220 e. The van der Waals surface area contributed by atoms with Crippen molar-refractivity contribution in [2.45, 2.75) is 38.1 Å². The number of carbonyl (C=O) groups is 1. The van der Waals surface area contributed by atoms with Crippen molar-refractivity contribution in [3.8, 4) is 0 Å². The lowest BCUT2D eigenvalue weighted by Crippen LogP contribution is -2.43. The monoisotopic (exact) mass is 296 g/mol. The van der Waals surface area contributed by atoms with Crippen LogP contribution in [-0.4, -0.2) is 75.1 Å². The molecule has 0 bridgehead atoms. The average molecular weight is 296 g/mol. The highest BCUT2D eigenvalue weighted by atomic mass is 16.1. The van der Waals surface area contributed by atoms with Gasteiger partial charge in [0.2, 0.25) is 5.91 Å². The van der Waals surface area contributed by atoms with Crippen molar-refractivity contribution in [1.82, 2.24) is 20.4 Å². The molecule has 2 saturated heterocycles. The molecule has 0 unspecified atom stereocenters. The zero-order chi connectivity index (χ0) is 15.1. The van der Waals surface area contributed by atoms with Gasteiger partial charge in [-0.1, -0.05) is 0 Å². The van der Waals surface area contributed by atoms with Crippen molar-refractivity contribution in [2.24, 2.45) is 5.92 Å². The van der Waals surface area contributed by atoms with Crippen LogP contribution in [0.25, 0.3) is 0 Å². The molecule has 1 amide bonds. The molecule has 2 fully saturated rings. The van der Waals surface area contributed by atoms with Crippen LogP contribution in [0.15, 0.2) is 0 Å². The molecule has 5 heteroatoms. The lowest BCUT2D eigenvalue weighted by atomic mass is 9.93. The summed E-state index contributed by atoms with van der Waals surface area (Å²) in [5, 5.41) is 6.62. The molecular formula is C16H32N4O. The highest BCUT2D eigenvalue weighted by molar-refractivity contribution is 5.76. The van der Waals surface area contributed by atoms with Gasteiger partial charge >= 0.3 is 0 Å². The minimum Gasteiger partial charge on any atom is -0.355 e. The van der Waals surface area contributed by atoms with E-state index in [9.17, 15) is 4.79 Å². The van der Waals surface area contributed by atoms with Gasteiger partial charge in [-0.25, -0.2) is 0 Å². The summed E-state index contributed by atoms with van der Waals surface area (Å²) in [6.07, 6.45) is 5.48. The van der Waals surface area contributed by atoms with Gasteiger partial charge in [-0.3, -0.25) is 4.79 Å².